The number of rotatable bonds is 0. The highest BCUT2D eigenvalue weighted by molar-refractivity contribution is 5.07. The predicted octanol–water partition coefficient (Wildman–Crippen LogP) is 1.70. The second kappa shape index (κ2) is 1.95. The van der Waals surface area contributed by atoms with Gasteiger partial charge >= 0.3 is 0 Å². The zero-order valence-corrected chi connectivity index (χ0v) is 4.89. The molecule has 0 spiro atoms. The van der Waals surface area contributed by atoms with Crippen LogP contribution in [0.3, 0.4) is 0 Å². The monoisotopic (exact) mass is 108 g/mol. The smallest absolute Gasteiger partial charge is 0.0375 e. The summed E-state index contributed by atoms with van der Waals surface area (Å²) in [6, 6.07) is 5.71. The molecule has 0 atom stereocenters. The van der Waals surface area contributed by atoms with Crippen molar-refractivity contribution in [3.63, 3.8) is 0 Å². The van der Waals surface area contributed by atoms with Gasteiger partial charge in [-0.1, -0.05) is 6.07 Å². The highest BCUT2D eigenvalue weighted by Gasteiger charge is 1.82. The van der Waals surface area contributed by atoms with Crippen LogP contribution in [0.5, 0.6) is 0 Å². The summed E-state index contributed by atoms with van der Waals surface area (Å²) in [5.41, 5.74) is 1.83. The zero-order chi connectivity index (χ0) is 6.69. The molecule has 1 nitrogen and oxygen atoms in total. The van der Waals surface area contributed by atoms with E-state index in [4.69, 9.17) is 1.37 Å². The Bertz CT molecular complexity index is 198. The first-order valence-electron chi connectivity index (χ1n) is 3.25. The van der Waals surface area contributed by atoms with Crippen LogP contribution >= 0.6 is 0 Å². The molecule has 0 saturated carbocycles. The molecule has 0 fully saturated rings. The van der Waals surface area contributed by atoms with Crippen LogP contribution in [0.25, 0.3) is 0 Å². The molecule has 8 heavy (non-hydrogen) atoms. The summed E-state index contributed by atoms with van der Waals surface area (Å²) < 4.78 is 6.98. The first-order valence-corrected chi connectivity index (χ1v) is 2.54. The Morgan fingerprint density at radius 2 is 2.25 bits per heavy atom. The molecule has 0 saturated heterocycles. The van der Waals surface area contributed by atoms with Gasteiger partial charge in [0, 0.05) is 12.8 Å². The maximum Gasteiger partial charge on any atom is 0.0375 e. The molecule has 1 aromatic heterocycles. The highest BCUT2D eigenvalue weighted by atomic mass is 14.7. The maximum atomic E-state index is 6.98. The Labute approximate surface area is 50.8 Å². The molecule has 0 radical (unpaired) electrons. The molecule has 0 bridgehead atoms. The van der Waals surface area contributed by atoms with Gasteiger partial charge in [-0.3, -0.25) is 4.98 Å². The molecule has 1 rings (SSSR count). The van der Waals surface area contributed by atoms with E-state index in [2.05, 4.69) is 4.98 Å². The topological polar surface area (TPSA) is 12.9 Å². The summed E-state index contributed by atoms with van der Waals surface area (Å²) in [5, 5.41) is 0. The lowest BCUT2D eigenvalue weighted by atomic mass is 10.3. The SMILES string of the molecule is [2H]Cc1cccc(C)n1. The van der Waals surface area contributed by atoms with E-state index in [1.54, 1.807) is 0 Å². The summed E-state index contributed by atoms with van der Waals surface area (Å²) in [6.45, 7) is 2.21. The van der Waals surface area contributed by atoms with Gasteiger partial charge in [0.25, 0.3) is 0 Å². The molecule has 0 unspecified atom stereocenters. The zero-order valence-electron chi connectivity index (χ0n) is 5.89. The number of nitrogens with zero attached hydrogens (tertiary/aromatic N) is 1. The van der Waals surface area contributed by atoms with Crippen LogP contribution in [0.4, 0.5) is 0 Å². The fourth-order valence-corrected chi connectivity index (χ4v) is 0.599. The number of pyridine rings is 1. The van der Waals surface area contributed by atoms with Crippen LogP contribution in [0.1, 0.15) is 12.8 Å². The third-order valence-electron chi connectivity index (χ3n) is 0.946. The quantitative estimate of drug-likeness (QED) is 0.493. The standard InChI is InChI=1S/C7H9N/c1-6-4-3-5-7(2)8-6/h3-5H,1-2H3/i1D. The van der Waals surface area contributed by atoms with Gasteiger partial charge in [0.15, 0.2) is 0 Å². The highest BCUT2D eigenvalue weighted by Crippen LogP contribution is 1.93. The summed E-state index contributed by atoms with van der Waals surface area (Å²) in [4.78, 5) is 4.10. The third-order valence-corrected chi connectivity index (χ3v) is 0.946. The van der Waals surface area contributed by atoms with Crippen molar-refractivity contribution in [2.75, 3.05) is 0 Å². The minimum atomic E-state index is 0.279. The lowest BCUT2D eigenvalue weighted by Crippen LogP contribution is -1.81. The fourth-order valence-electron chi connectivity index (χ4n) is 0.599. The minimum Gasteiger partial charge on any atom is -0.258 e. The molecule has 0 amide bonds. The van der Waals surface area contributed by atoms with E-state index in [1.807, 2.05) is 25.1 Å². The molecule has 42 valence electrons. The van der Waals surface area contributed by atoms with E-state index >= 15 is 0 Å². The van der Waals surface area contributed by atoms with Crippen molar-refractivity contribution in [2.24, 2.45) is 0 Å². The largest absolute Gasteiger partial charge is 0.258 e. The van der Waals surface area contributed by atoms with E-state index in [0.717, 1.165) is 11.4 Å². The van der Waals surface area contributed by atoms with Crippen molar-refractivity contribution in [1.29, 1.82) is 0 Å². The van der Waals surface area contributed by atoms with E-state index in [9.17, 15) is 0 Å². The van der Waals surface area contributed by atoms with Crippen LogP contribution in [-0.4, -0.2) is 4.98 Å². The summed E-state index contributed by atoms with van der Waals surface area (Å²) in [5.74, 6) is 0. The van der Waals surface area contributed by atoms with Crippen LogP contribution < -0.4 is 0 Å². The van der Waals surface area contributed by atoms with Gasteiger partial charge in [-0.25, -0.2) is 0 Å². The van der Waals surface area contributed by atoms with E-state index in [0.29, 0.717) is 0 Å². The van der Waals surface area contributed by atoms with Gasteiger partial charge in [0.05, 0.1) is 0 Å². The number of hydrogen-bond acceptors (Lipinski definition) is 1. The van der Waals surface area contributed by atoms with Gasteiger partial charge in [-0.05, 0) is 26.0 Å². The predicted molar refractivity (Wildman–Crippen MR) is 33.7 cm³/mol. The fraction of sp³-hybridized carbons (Fsp3) is 0.286. The first-order chi connectivity index (χ1) is 4.33. The van der Waals surface area contributed by atoms with E-state index in [1.165, 1.54) is 0 Å². The van der Waals surface area contributed by atoms with Crippen molar-refractivity contribution in [3.05, 3.63) is 29.6 Å². The van der Waals surface area contributed by atoms with Gasteiger partial charge in [0.1, 0.15) is 0 Å². The summed E-state index contributed by atoms with van der Waals surface area (Å²) in [6.07, 6.45) is 0. The molecular formula is C7H9N. The van der Waals surface area contributed by atoms with Crippen molar-refractivity contribution >= 4 is 0 Å². The second-order valence-electron chi connectivity index (χ2n) is 1.77. The van der Waals surface area contributed by atoms with Crippen molar-refractivity contribution in [3.8, 4) is 0 Å². The maximum absolute atomic E-state index is 6.98. The molecule has 0 N–H and O–H groups in total. The Morgan fingerprint density at radius 1 is 1.50 bits per heavy atom. The average molecular weight is 108 g/mol. The first kappa shape index (κ1) is 4.07. The Morgan fingerprint density at radius 3 is 2.75 bits per heavy atom. The van der Waals surface area contributed by atoms with Crippen molar-refractivity contribution < 1.29 is 1.37 Å². The normalized spacial score (nSPS) is 10.9. The van der Waals surface area contributed by atoms with Crippen LogP contribution in [0, 0.1) is 13.8 Å². The van der Waals surface area contributed by atoms with Crippen LogP contribution in [0.15, 0.2) is 18.2 Å². The van der Waals surface area contributed by atoms with Gasteiger partial charge in [-0.15, -0.1) is 0 Å². The minimum absolute atomic E-state index is 0.279. The van der Waals surface area contributed by atoms with Gasteiger partial charge in [-0.2, -0.15) is 0 Å². The third kappa shape index (κ3) is 1.06. The molecule has 0 aliphatic carbocycles. The molecule has 1 aromatic rings. The molecule has 0 aliphatic rings. The molecular weight excluding hydrogens is 98.1 g/mol. The lowest BCUT2D eigenvalue weighted by Gasteiger charge is -1.90. The Balaban J connectivity index is 2.94. The Kier molecular flexibility index (Phi) is 0.992. The van der Waals surface area contributed by atoms with Gasteiger partial charge < -0.3 is 0 Å². The Hall–Kier alpha value is -0.850. The van der Waals surface area contributed by atoms with E-state index < -0.39 is 0 Å². The van der Waals surface area contributed by atoms with Crippen molar-refractivity contribution in [1.82, 2.24) is 4.98 Å². The number of aromatic nitrogens is 1. The molecule has 1 heterocycles. The van der Waals surface area contributed by atoms with Crippen LogP contribution in [-0.2, 0) is 0 Å². The second-order valence-corrected chi connectivity index (χ2v) is 1.77. The molecule has 0 aromatic carbocycles. The summed E-state index contributed by atoms with van der Waals surface area (Å²) >= 11 is 0. The van der Waals surface area contributed by atoms with Crippen molar-refractivity contribution in [2.45, 2.75) is 13.8 Å². The lowest BCUT2D eigenvalue weighted by molar-refractivity contribution is 1.12. The van der Waals surface area contributed by atoms with Crippen LogP contribution in [0.2, 0.25) is 0 Å². The van der Waals surface area contributed by atoms with E-state index in [-0.39, 0.29) is 6.90 Å². The number of aryl methyl sites for hydroxylation is 2. The average Bonchev–Trinajstić information content (AvgIpc) is 1.88. The number of hydrogen-bond donors (Lipinski definition) is 0. The summed E-state index contributed by atoms with van der Waals surface area (Å²) in [7, 11) is 0. The molecule has 1 heteroatoms. The van der Waals surface area contributed by atoms with Gasteiger partial charge in [0.2, 0.25) is 0 Å². The molecule has 0 aliphatic heterocycles.